The van der Waals surface area contributed by atoms with E-state index in [1.54, 1.807) is 0 Å². The number of benzene rings is 3. The zero-order valence-corrected chi connectivity index (χ0v) is 21.8. The van der Waals surface area contributed by atoms with Crippen LogP contribution in [0.3, 0.4) is 0 Å². The third-order valence-corrected chi connectivity index (χ3v) is 9.94. The van der Waals surface area contributed by atoms with Gasteiger partial charge in [-0.3, -0.25) is 0 Å². The molecule has 0 unspecified atom stereocenters. The van der Waals surface area contributed by atoms with E-state index in [1.807, 2.05) is 0 Å². The Morgan fingerprint density at radius 2 is 0.568 bits per heavy atom. The second kappa shape index (κ2) is 10.7. The van der Waals surface area contributed by atoms with Gasteiger partial charge in [-0.2, -0.15) is 65.9 Å². The molecule has 0 N–H and O–H groups in total. The van der Waals surface area contributed by atoms with Crippen molar-refractivity contribution in [3.63, 3.8) is 0 Å². The Labute approximate surface area is 234 Å². The Bertz CT molecular complexity index is 1390. The Morgan fingerprint density at radius 1 is 0.341 bits per heavy atom. The summed E-state index contributed by atoms with van der Waals surface area (Å²) in [6, 6.07) is -3.65. The maximum atomic E-state index is 15.3. The van der Waals surface area contributed by atoms with Gasteiger partial charge >= 0.3 is 36.8 Å². The minimum Gasteiger partial charge on any atom is -0.166 e. The van der Waals surface area contributed by atoms with Gasteiger partial charge in [0, 0.05) is 0 Å². The van der Waals surface area contributed by atoms with Crippen LogP contribution in [-0.4, -0.2) is 5.92 Å². The molecule has 0 spiro atoms. The summed E-state index contributed by atoms with van der Waals surface area (Å²) >= 11 is 0. The predicted molar refractivity (Wildman–Crippen MR) is 121 cm³/mol. The largest absolute Gasteiger partial charge is 0.524 e. The fourth-order valence-corrected chi connectivity index (χ4v) is 8.10. The smallest absolute Gasteiger partial charge is 0.166 e. The van der Waals surface area contributed by atoms with Crippen LogP contribution in [0.15, 0.2) is 54.6 Å². The van der Waals surface area contributed by atoms with Gasteiger partial charge in [-0.1, -0.05) is 0 Å². The van der Waals surface area contributed by atoms with Crippen molar-refractivity contribution in [3.05, 3.63) is 88.0 Å². The molecular formula is C25H12F18P+. The van der Waals surface area contributed by atoms with Crippen molar-refractivity contribution in [2.24, 2.45) is 0 Å². The third-order valence-electron chi connectivity index (χ3n) is 6.08. The number of hydrogen-bond donors (Lipinski definition) is 0. The first-order valence-electron chi connectivity index (χ1n) is 11.2. The molecule has 0 fully saturated rings. The lowest BCUT2D eigenvalue weighted by atomic mass is 10.1. The molecule has 44 heavy (non-hydrogen) atoms. The lowest BCUT2D eigenvalue weighted by Gasteiger charge is -2.31. The molecule has 0 nitrogen and oxygen atoms in total. The first-order chi connectivity index (χ1) is 19.5. The maximum absolute atomic E-state index is 15.3. The van der Waals surface area contributed by atoms with Gasteiger partial charge in [-0.05, 0) is 67.1 Å². The molecule has 0 amide bonds. The lowest BCUT2D eigenvalue weighted by molar-refractivity contribution is -0.144. The third kappa shape index (κ3) is 6.89. The molecule has 0 aliphatic heterocycles. The minimum absolute atomic E-state index is 0.192. The SMILES string of the molecule is Cc1cc(C(F)(F)F)cc([P+](c2cc(C(F)(F)F)cc(C(F)(F)F)c2)(c2cc(C(F)(F)F)cc(C(F)(F)F)c2)C(F)(F)F)c1. The van der Waals surface area contributed by atoms with Crippen LogP contribution < -0.4 is 15.9 Å². The highest BCUT2D eigenvalue weighted by Gasteiger charge is 2.69. The molecule has 0 heterocycles. The van der Waals surface area contributed by atoms with E-state index < -0.39 is 130 Å². The van der Waals surface area contributed by atoms with Gasteiger partial charge in [0.05, 0.1) is 27.8 Å². The normalized spacial score (nSPS) is 14.2. The summed E-state index contributed by atoms with van der Waals surface area (Å²) in [4.78, 5) is 0. The fraction of sp³-hybridized carbons (Fsp3) is 0.280. The highest BCUT2D eigenvalue weighted by atomic mass is 31.2. The Kier molecular flexibility index (Phi) is 8.61. The predicted octanol–water partition coefficient (Wildman–Crippen LogP) is 9.90. The molecule has 3 aromatic rings. The first kappa shape index (κ1) is 35.3. The quantitative estimate of drug-likeness (QED) is 0.190. The average Bonchev–Trinajstić information content (AvgIpc) is 2.80. The molecule has 3 rings (SSSR count). The maximum Gasteiger partial charge on any atom is 0.524 e. The van der Waals surface area contributed by atoms with Crippen molar-refractivity contribution in [1.29, 1.82) is 0 Å². The Hall–Kier alpha value is -3.17. The van der Waals surface area contributed by atoms with E-state index in [4.69, 9.17) is 0 Å². The molecule has 0 aliphatic rings. The summed E-state index contributed by atoms with van der Waals surface area (Å²) in [5, 5.41) is -6.12. The molecule has 0 atom stereocenters. The molecule has 19 heteroatoms. The second-order valence-corrected chi connectivity index (χ2v) is 12.6. The highest BCUT2D eigenvalue weighted by Crippen LogP contribution is 2.69. The van der Waals surface area contributed by atoms with E-state index >= 15 is 13.2 Å². The Morgan fingerprint density at radius 3 is 0.795 bits per heavy atom. The van der Waals surface area contributed by atoms with Crippen LogP contribution in [0.4, 0.5) is 79.0 Å². The molecule has 0 radical (unpaired) electrons. The number of halogens is 18. The van der Waals surface area contributed by atoms with Crippen molar-refractivity contribution >= 4 is 23.2 Å². The van der Waals surface area contributed by atoms with Crippen LogP contribution in [0.1, 0.15) is 33.4 Å². The van der Waals surface area contributed by atoms with Crippen molar-refractivity contribution < 1.29 is 79.0 Å². The van der Waals surface area contributed by atoms with Crippen LogP contribution in [-0.2, 0) is 30.9 Å². The van der Waals surface area contributed by atoms with Gasteiger partial charge in [0.15, 0.2) is 0 Å². The number of alkyl halides is 18. The molecule has 0 aromatic heterocycles. The van der Waals surface area contributed by atoms with Crippen molar-refractivity contribution in [2.45, 2.75) is 43.7 Å². The topological polar surface area (TPSA) is 0 Å². The average molecular weight is 685 g/mol. The summed E-state index contributed by atoms with van der Waals surface area (Å²) in [5.74, 6) is -6.37. The summed E-state index contributed by atoms with van der Waals surface area (Å²) in [7, 11) is -6.75. The van der Waals surface area contributed by atoms with Crippen molar-refractivity contribution in [3.8, 4) is 0 Å². The van der Waals surface area contributed by atoms with Gasteiger partial charge in [0.25, 0.3) is 0 Å². The van der Waals surface area contributed by atoms with E-state index in [9.17, 15) is 65.9 Å². The second-order valence-electron chi connectivity index (χ2n) is 9.22. The summed E-state index contributed by atoms with van der Waals surface area (Å²) in [5.41, 5.74) is -12.5. The van der Waals surface area contributed by atoms with Gasteiger partial charge in [0.1, 0.15) is 15.9 Å². The van der Waals surface area contributed by atoms with Gasteiger partial charge in [0.2, 0.25) is 7.26 Å². The van der Waals surface area contributed by atoms with E-state index in [-0.39, 0.29) is 18.2 Å². The van der Waals surface area contributed by atoms with Crippen LogP contribution >= 0.6 is 7.26 Å². The van der Waals surface area contributed by atoms with Crippen LogP contribution in [0.5, 0.6) is 0 Å². The first-order valence-corrected chi connectivity index (χ1v) is 13.0. The van der Waals surface area contributed by atoms with E-state index in [0.29, 0.717) is 6.92 Å². The Balaban J connectivity index is 2.79. The summed E-state index contributed by atoms with van der Waals surface area (Å²) in [6.07, 6.45) is -29.0. The van der Waals surface area contributed by atoms with Crippen LogP contribution in [0.25, 0.3) is 0 Å². The molecular weight excluding hydrogens is 673 g/mol. The molecule has 242 valence electrons. The van der Waals surface area contributed by atoms with Crippen LogP contribution in [0.2, 0.25) is 0 Å². The lowest BCUT2D eigenvalue weighted by Crippen LogP contribution is -2.42. The molecule has 0 bridgehead atoms. The van der Waals surface area contributed by atoms with E-state index in [0.717, 1.165) is 0 Å². The van der Waals surface area contributed by atoms with Gasteiger partial charge in [-0.25, -0.2) is 0 Å². The van der Waals surface area contributed by atoms with Gasteiger partial charge < -0.3 is 0 Å². The van der Waals surface area contributed by atoms with Crippen molar-refractivity contribution in [2.75, 3.05) is 0 Å². The highest BCUT2D eigenvalue weighted by molar-refractivity contribution is 7.96. The summed E-state index contributed by atoms with van der Waals surface area (Å²) in [6.45, 7) is 0.713. The van der Waals surface area contributed by atoms with Crippen LogP contribution in [0, 0.1) is 6.92 Å². The minimum atomic E-state index is -6.75. The van der Waals surface area contributed by atoms with E-state index in [1.165, 1.54) is 0 Å². The van der Waals surface area contributed by atoms with Crippen molar-refractivity contribution in [1.82, 2.24) is 0 Å². The number of hydrogen-bond acceptors (Lipinski definition) is 0. The summed E-state index contributed by atoms with van der Waals surface area (Å²) < 4.78 is 251. The zero-order chi connectivity index (χ0) is 34.1. The number of rotatable bonds is 3. The zero-order valence-electron chi connectivity index (χ0n) is 20.9. The molecule has 0 saturated heterocycles. The van der Waals surface area contributed by atoms with Gasteiger partial charge in [-0.15, -0.1) is 13.2 Å². The molecule has 0 saturated carbocycles. The van der Waals surface area contributed by atoms with E-state index in [2.05, 4.69) is 0 Å². The number of aryl methyl sites for hydroxylation is 1. The fourth-order valence-electron chi connectivity index (χ4n) is 4.27. The molecule has 0 aliphatic carbocycles. The standard InChI is InChI=1S/C25H12F18P/c1-11-2-12(20(26,27)28)6-17(3-11)44(25(41,42)43,18-7-13(21(29,30)31)4-14(8-18)22(32,33)34)19-9-15(23(35,36)37)5-16(10-19)24(38,39)40/h2-10H,1H3/q+1. The molecule has 3 aromatic carbocycles. The monoisotopic (exact) mass is 685 g/mol.